The Morgan fingerprint density at radius 3 is 2.41 bits per heavy atom. The number of ether oxygens (including phenoxy) is 1. The SMILES string of the molecule is C=CCN(c1ccc(C(=O)N2CCOCC2)cc1)S(C)(=O)=O. The number of morpholine rings is 1. The number of rotatable bonds is 5. The lowest BCUT2D eigenvalue weighted by molar-refractivity contribution is 0.0303. The Morgan fingerprint density at radius 2 is 1.91 bits per heavy atom. The first-order valence-electron chi connectivity index (χ1n) is 6.99. The standard InChI is InChI=1S/C15H20N2O4S/c1-3-8-17(22(2,19)20)14-6-4-13(5-7-14)15(18)16-9-11-21-12-10-16/h3-7H,1,8-12H2,2H3. The molecule has 6 nitrogen and oxygen atoms in total. The molecule has 0 radical (unpaired) electrons. The molecule has 22 heavy (non-hydrogen) atoms. The molecule has 7 heteroatoms. The normalized spacial score (nSPS) is 15.4. The molecule has 120 valence electrons. The molecule has 1 aliphatic rings. The minimum Gasteiger partial charge on any atom is -0.378 e. The van der Waals surface area contributed by atoms with Crippen molar-refractivity contribution in [1.82, 2.24) is 4.90 Å². The summed E-state index contributed by atoms with van der Waals surface area (Å²) in [5, 5.41) is 0. The smallest absolute Gasteiger partial charge is 0.254 e. The van der Waals surface area contributed by atoms with Gasteiger partial charge in [-0.2, -0.15) is 0 Å². The van der Waals surface area contributed by atoms with Crippen LogP contribution in [0.25, 0.3) is 0 Å². The van der Waals surface area contributed by atoms with Crippen molar-refractivity contribution < 1.29 is 17.9 Å². The first kappa shape index (κ1) is 16.5. The molecule has 0 unspecified atom stereocenters. The van der Waals surface area contributed by atoms with Gasteiger partial charge < -0.3 is 9.64 Å². The molecule has 0 spiro atoms. The zero-order valence-electron chi connectivity index (χ0n) is 12.6. The minimum atomic E-state index is -3.38. The zero-order chi connectivity index (χ0) is 16.2. The molecule has 0 N–H and O–H groups in total. The van der Waals surface area contributed by atoms with Gasteiger partial charge in [0, 0.05) is 18.7 Å². The number of hydrogen-bond acceptors (Lipinski definition) is 4. The van der Waals surface area contributed by atoms with Crippen molar-refractivity contribution in [1.29, 1.82) is 0 Å². The average molecular weight is 324 g/mol. The second-order valence-corrected chi connectivity index (χ2v) is 6.94. The van der Waals surface area contributed by atoms with Gasteiger partial charge in [-0.3, -0.25) is 9.10 Å². The van der Waals surface area contributed by atoms with Gasteiger partial charge in [-0.05, 0) is 24.3 Å². The maximum Gasteiger partial charge on any atom is 0.254 e. The second kappa shape index (κ2) is 6.93. The molecule has 0 atom stereocenters. The van der Waals surface area contributed by atoms with E-state index in [2.05, 4.69) is 6.58 Å². The van der Waals surface area contributed by atoms with E-state index in [-0.39, 0.29) is 12.5 Å². The van der Waals surface area contributed by atoms with E-state index in [4.69, 9.17) is 4.74 Å². The van der Waals surface area contributed by atoms with E-state index in [0.717, 1.165) is 6.26 Å². The van der Waals surface area contributed by atoms with Gasteiger partial charge in [0.25, 0.3) is 5.91 Å². The number of anilines is 1. The van der Waals surface area contributed by atoms with Crippen LogP contribution in [0.1, 0.15) is 10.4 Å². The Kier molecular flexibility index (Phi) is 5.20. The van der Waals surface area contributed by atoms with Crippen molar-refractivity contribution in [3.8, 4) is 0 Å². The van der Waals surface area contributed by atoms with Crippen LogP contribution in [0.3, 0.4) is 0 Å². The lowest BCUT2D eigenvalue weighted by Crippen LogP contribution is -2.40. The van der Waals surface area contributed by atoms with Crippen LogP contribution in [0, 0.1) is 0 Å². The molecule has 1 heterocycles. The number of sulfonamides is 1. The summed E-state index contributed by atoms with van der Waals surface area (Å²) in [7, 11) is -3.38. The van der Waals surface area contributed by atoms with Crippen molar-refractivity contribution in [2.45, 2.75) is 0 Å². The van der Waals surface area contributed by atoms with Gasteiger partial charge in [-0.1, -0.05) is 6.08 Å². The molecule has 0 aromatic heterocycles. The van der Waals surface area contributed by atoms with E-state index in [1.165, 1.54) is 10.4 Å². The molecule has 0 bridgehead atoms. The van der Waals surface area contributed by atoms with E-state index in [0.29, 0.717) is 37.6 Å². The summed E-state index contributed by atoms with van der Waals surface area (Å²) in [6, 6.07) is 6.57. The monoisotopic (exact) mass is 324 g/mol. The fourth-order valence-electron chi connectivity index (χ4n) is 2.27. The van der Waals surface area contributed by atoms with Gasteiger partial charge in [0.15, 0.2) is 0 Å². The minimum absolute atomic E-state index is 0.0653. The van der Waals surface area contributed by atoms with E-state index in [1.54, 1.807) is 29.2 Å². The highest BCUT2D eigenvalue weighted by atomic mass is 32.2. The van der Waals surface area contributed by atoms with Crippen molar-refractivity contribution in [3.05, 3.63) is 42.5 Å². The molecular weight excluding hydrogens is 304 g/mol. The van der Waals surface area contributed by atoms with Crippen molar-refractivity contribution >= 4 is 21.6 Å². The third-order valence-corrected chi connectivity index (χ3v) is 4.56. The van der Waals surface area contributed by atoms with Crippen LogP contribution in [0.15, 0.2) is 36.9 Å². The number of benzene rings is 1. The van der Waals surface area contributed by atoms with Gasteiger partial charge in [0.1, 0.15) is 0 Å². The summed E-state index contributed by atoms with van der Waals surface area (Å²) < 4.78 is 30.0. The Hall–Kier alpha value is -1.86. The van der Waals surface area contributed by atoms with Gasteiger partial charge in [0.05, 0.1) is 31.7 Å². The van der Waals surface area contributed by atoms with Crippen LogP contribution in [0.4, 0.5) is 5.69 Å². The third-order valence-electron chi connectivity index (χ3n) is 3.40. The number of nitrogens with zero attached hydrogens (tertiary/aromatic N) is 2. The van der Waals surface area contributed by atoms with E-state index in [9.17, 15) is 13.2 Å². The fraction of sp³-hybridized carbons (Fsp3) is 0.400. The summed E-state index contributed by atoms with van der Waals surface area (Å²) in [5.74, 6) is -0.0653. The lowest BCUT2D eigenvalue weighted by atomic mass is 10.1. The van der Waals surface area contributed by atoms with Crippen LogP contribution < -0.4 is 4.31 Å². The summed E-state index contributed by atoms with van der Waals surface area (Å²) in [6.07, 6.45) is 2.66. The molecule has 0 saturated carbocycles. The van der Waals surface area contributed by atoms with E-state index < -0.39 is 10.0 Å². The zero-order valence-corrected chi connectivity index (χ0v) is 13.4. The van der Waals surface area contributed by atoms with Crippen molar-refractivity contribution in [2.75, 3.05) is 43.4 Å². The first-order valence-corrected chi connectivity index (χ1v) is 8.84. The first-order chi connectivity index (χ1) is 10.4. The molecule has 1 aliphatic heterocycles. The summed E-state index contributed by atoms with van der Waals surface area (Å²) in [6.45, 7) is 6.00. The second-order valence-electron chi connectivity index (χ2n) is 5.03. The predicted octanol–water partition coefficient (Wildman–Crippen LogP) is 1.11. The molecule has 0 aliphatic carbocycles. The molecular formula is C15H20N2O4S. The van der Waals surface area contributed by atoms with Gasteiger partial charge in [-0.15, -0.1) is 6.58 Å². The Balaban J connectivity index is 2.18. The molecule has 1 fully saturated rings. The fourth-order valence-corrected chi connectivity index (χ4v) is 3.15. The maximum atomic E-state index is 12.3. The maximum absolute atomic E-state index is 12.3. The molecule has 1 amide bonds. The number of amides is 1. The van der Waals surface area contributed by atoms with Crippen LogP contribution in [0.5, 0.6) is 0 Å². The molecule has 1 saturated heterocycles. The largest absolute Gasteiger partial charge is 0.378 e. The average Bonchev–Trinajstić information content (AvgIpc) is 2.52. The van der Waals surface area contributed by atoms with Crippen LogP contribution in [-0.4, -0.2) is 58.3 Å². The predicted molar refractivity (Wildman–Crippen MR) is 85.6 cm³/mol. The highest BCUT2D eigenvalue weighted by Gasteiger charge is 2.20. The van der Waals surface area contributed by atoms with Crippen LogP contribution in [0.2, 0.25) is 0 Å². The lowest BCUT2D eigenvalue weighted by Gasteiger charge is -2.27. The third kappa shape index (κ3) is 3.86. The summed E-state index contributed by atoms with van der Waals surface area (Å²) >= 11 is 0. The summed E-state index contributed by atoms with van der Waals surface area (Å²) in [5.41, 5.74) is 1.05. The number of carbonyl (C=O) groups excluding carboxylic acids is 1. The van der Waals surface area contributed by atoms with Crippen molar-refractivity contribution in [2.24, 2.45) is 0 Å². The number of hydrogen-bond donors (Lipinski definition) is 0. The Bertz CT molecular complexity index is 634. The Morgan fingerprint density at radius 1 is 1.32 bits per heavy atom. The Labute approximate surface area is 131 Å². The van der Waals surface area contributed by atoms with Gasteiger partial charge in [0.2, 0.25) is 10.0 Å². The summed E-state index contributed by atoms with van der Waals surface area (Å²) in [4.78, 5) is 14.1. The van der Waals surface area contributed by atoms with E-state index in [1.807, 2.05) is 0 Å². The van der Waals surface area contributed by atoms with E-state index >= 15 is 0 Å². The quantitative estimate of drug-likeness (QED) is 0.761. The van der Waals surface area contributed by atoms with Crippen LogP contribution in [-0.2, 0) is 14.8 Å². The topological polar surface area (TPSA) is 66.9 Å². The molecule has 2 rings (SSSR count). The van der Waals surface area contributed by atoms with Gasteiger partial charge >= 0.3 is 0 Å². The highest BCUT2D eigenvalue weighted by molar-refractivity contribution is 7.92. The van der Waals surface area contributed by atoms with Crippen LogP contribution >= 0.6 is 0 Å². The highest BCUT2D eigenvalue weighted by Crippen LogP contribution is 2.19. The molecule has 1 aromatic rings. The van der Waals surface area contributed by atoms with Gasteiger partial charge in [-0.25, -0.2) is 8.42 Å². The molecule has 1 aromatic carbocycles. The van der Waals surface area contributed by atoms with Crippen molar-refractivity contribution in [3.63, 3.8) is 0 Å². The number of carbonyl (C=O) groups is 1.